The van der Waals surface area contributed by atoms with Gasteiger partial charge in [-0.3, -0.25) is 15.1 Å². The van der Waals surface area contributed by atoms with Crippen LogP contribution in [-0.4, -0.2) is 18.0 Å². The first-order valence-corrected chi connectivity index (χ1v) is 13.4. The highest BCUT2D eigenvalue weighted by Gasteiger charge is 2.38. The third-order valence-electron chi connectivity index (χ3n) is 7.52. The van der Waals surface area contributed by atoms with Crippen molar-refractivity contribution in [3.05, 3.63) is 92.7 Å². The van der Waals surface area contributed by atoms with Crippen molar-refractivity contribution in [2.24, 2.45) is 22.7 Å². The molecule has 1 N–H and O–H groups in total. The van der Waals surface area contributed by atoms with Gasteiger partial charge in [-0.25, -0.2) is 0 Å². The molecule has 0 radical (unpaired) electrons. The van der Waals surface area contributed by atoms with Crippen LogP contribution in [0.5, 0.6) is 0 Å². The van der Waals surface area contributed by atoms with Crippen molar-refractivity contribution in [3.63, 3.8) is 0 Å². The average Bonchev–Trinajstić information content (AvgIpc) is 3.19. The second-order valence-electron chi connectivity index (χ2n) is 10.2. The van der Waals surface area contributed by atoms with Crippen molar-refractivity contribution in [1.82, 2.24) is 5.32 Å². The lowest BCUT2D eigenvalue weighted by molar-refractivity contribution is -0.124. The predicted octanol–water partition coefficient (Wildman–Crippen LogP) is 6.70. The molecule has 0 saturated heterocycles. The van der Waals surface area contributed by atoms with E-state index in [-0.39, 0.29) is 12.1 Å². The minimum Gasteiger partial charge on any atom is -0.294 e. The standard InChI is InChI=1S/C30H34N2OS/c1-19-13-20(2)15-25(14-19)30-31-17-28(32-30)23-8-6-22(7-9-23)16-24-10-11-26(24)29(33)27-18-34-12-4-5-21(27)3/h4,6-9,12-15,18,21,24,26,30-31H,5,10-11,16-17H2,1-3H3. The Hall–Kier alpha value is -2.43. The van der Waals surface area contributed by atoms with Gasteiger partial charge < -0.3 is 0 Å². The van der Waals surface area contributed by atoms with Gasteiger partial charge in [0.1, 0.15) is 6.17 Å². The Labute approximate surface area is 207 Å². The Kier molecular flexibility index (Phi) is 6.89. The quantitative estimate of drug-likeness (QED) is 0.510. The van der Waals surface area contributed by atoms with Crippen LogP contribution in [0.4, 0.5) is 0 Å². The Balaban J connectivity index is 1.23. The van der Waals surface area contributed by atoms with E-state index in [0.29, 0.717) is 17.6 Å². The van der Waals surface area contributed by atoms with Crippen LogP contribution in [0.1, 0.15) is 60.2 Å². The maximum absolute atomic E-state index is 13.2. The Morgan fingerprint density at radius 1 is 1.09 bits per heavy atom. The zero-order chi connectivity index (χ0) is 23.7. The maximum Gasteiger partial charge on any atom is 0.163 e. The van der Waals surface area contributed by atoms with E-state index in [1.54, 1.807) is 11.8 Å². The van der Waals surface area contributed by atoms with Crippen molar-refractivity contribution in [3.8, 4) is 0 Å². The number of nitrogens with zero attached hydrogens (tertiary/aromatic N) is 1. The van der Waals surface area contributed by atoms with E-state index in [2.05, 4.69) is 85.4 Å². The summed E-state index contributed by atoms with van der Waals surface area (Å²) < 4.78 is 0. The molecule has 0 aromatic heterocycles. The Morgan fingerprint density at radius 3 is 2.56 bits per heavy atom. The second-order valence-corrected chi connectivity index (χ2v) is 11.0. The smallest absolute Gasteiger partial charge is 0.163 e. The molecule has 2 aromatic rings. The van der Waals surface area contributed by atoms with E-state index < -0.39 is 0 Å². The number of hydrogen-bond acceptors (Lipinski definition) is 4. The first kappa shape index (κ1) is 23.3. The van der Waals surface area contributed by atoms with Gasteiger partial charge in [0.15, 0.2) is 5.78 Å². The molecular weight excluding hydrogens is 436 g/mol. The average molecular weight is 471 g/mol. The molecule has 4 heteroatoms. The van der Waals surface area contributed by atoms with Gasteiger partial charge in [0.25, 0.3) is 0 Å². The third-order valence-corrected chi connectivity index (χ3v) is 8.26. The lowest BCUT2D eigenvalue weighted by atomic mass is 9.66. The van der Waals surface area contributed by atoms with Crippen LogP contribution in [0.2, 0.25) is 0 Å². The molecule has 3 aliphatic rings. The fourth-order valence-electron chi connectivity index (χ4n) is 5.46. The van der Waals surface area contributed by atoms with Crippen molar-refractivity contribution in [2.75, 3.05) is 6.54 Å². The molecule has 176 valence electrons. The van der Waals surface area contributed by atoms with E-state index in [4.69, 9.17) is 4.99 Å². The van der Waals surface area contributed by atoms with Crippen LogP contribution in [0, 0.1) is 31.6 Å². The van der Waals surface area contributed by atoms with Crippen molar-refractivity contribution < 1.29 is 4.79 Å². The molecule has 5 rings (SSSR count). The SMILES string of the molecule is Cc1cc(C)cc(C2N=C(c3ccc(CC4CCC4C(=O)C4=CSC=CCC4C)cc3)CN2)c1. The highest BCUT2D eigenvalue weighted by Crippen LogP contribution is 2.41. The van der Waals surface area contributed by atoms with Crippen molar-refractivity contribution >= 4 is 23.3 Å². The van der Waals surface area contributed by atoms with Crippen molar-refractivity contribution in [1.29, 1.82) is 0 Å². The summed E-state index contributed by atoms with van der Waals surface area (Å²) in [5.74, 6) is 1.37. The lowest BCUT2D eigenvalue weighted by Gasteiger charge is -2.37. The summed E-state index contributed by atoms with van der Waals surface area (Å²) >= 11 is 1.65. The number of rotatable bonds is 6. The zero-order valence-electron chi connectivity index (χ0n) is 20.4. The maximum atomic E-state index is 13.2. The van der Waals surface area contributed by atoms with Gasteiger partial charge >= 0.3 is 0 Å². The summed E-state index contributed by atoms with van der Waals surface area (Å²) in [6.45, 7) is 7.24. The third kappa shape index (κ3) is 4.99. The minimum absolute atomic E-state index is 0.0315. The number of ketones is 1. The summed E-state index contributed by atoms with van der Waals surface area (Å²) in [6.07, 6.45) is 6.35. The summed E-state index contributed by atoms with van der Waals surface area (Å²) in [7, 11) is 0. The minimum atomic E-state index is 0.0315. The summed E-state index contributed by atoms with van der Waals surface area (Å²) in [5, 5.41) is 7.73. The molecule has 0 bridgehead atoms. The fourth-order valence-corrected chi connectivity index (χ4v) is 6.25. The molecule has 0 amide bonds. The number of nitrogens with one attached hydrogen (secondary N) is 1. The molecule has 1 aliphatic carbocycles. The zero-order valence-corrected chi connectivity index (χ0v) is 21.2. The number of benzene rings is 2. The van der Waals surface area contributed by atoms with Gasteiger partial charge in [0.2, 0.25) is 0 Å². The van der Waals surface area contributed by atoms with E-state index in [9.17, 15) is 4.79 Å². The first-order chi connectivity index (χ1) is 16.5. The normalized spacial score (nSPS) is 26.4. The van der Waals surface area contributed by atoms with E-state index in [1.807, 2.05) is 0 Å². The van der Waals surface area contributed by atoms with E-state index in [0.717, 1.165) is 43.5 Å². The highest BCUT2D eigenvalue weighted by atomic mass is 32.2. The first-order valence-electron chi connectivity index (χ1n) is 12.5. The van der Waals surface area contributed by atoms with E-state index >= 15 is 0 Å². The number of carbonyl (C=O) groups is 1. The number of Topliss-reactive ketones (excluding diaryl/α,β-unsaturated/α-hetero) is 1. The predicted molar refractivity (Wildman–Crippen MR) is 143 cm³/mol. The van der Waals surface area contributed by atoms with Gasteiger partial charge in [-0.2, -0.15) is 0 Å². The largest absolute Gasteiger partial charge is 0.294 e. The lowest BCUT2D eigenvalue weighted by Crippen LogP contribution is -2.36. The Bertz CT molecular complexity index is 1140. The van der Waals surface area contributed by atoms with Gasteiger partial charge in [0.05, 0.1) is 5.71 Å². The summed E-state index contributed by atoms with van der Waals surface area (Å²) in [5.41, 5.74) is 8.44. The molecule has 1 saturated carbocycles. The molecule has 1 fully saturated rings. The number of thioether (sulfide) groups is 1. The van der Waals surface area contributed by atoms with Gasteiger partial charge in [0, 0.05) is 18.0 Å². The molecule has 4 atom stereocenters. The number of aryl methyl sites for hydroxylation is 2. The van der Waals surface area contributed by atoms with Gasteiger partial charge in [-0.1, -0.05) is 66.6 Å². The number of aliphatic imine (C=N–C) groups is 1. The summed E-state index contributed by atoms with van der Waals surface area (Å²) in [6, 6.07) is 15.5. The van der Waals surface area contributed by atoms with Gasteiger partial charge in [-0.15, -0.1) is 11.8 Å². The topological polar surface area (TPSA) is 41.5 Å². The number of allylic oxidation sites excluding steroid dienone is 2. The van der Waals surface area contributed by atoms with Crippen LogP contribution in [0.3, 0.4) is 0 Å². The molecule has 2 heterocycles. The monoisotopic (exact) mass is 470 g/mol. The van der Waals surface area contributed by atoms with Crippen LogP contribution >= 0.6 is 11.8 Å². The molecular formula is C30H34N2OS. The molecule has 0 spiro atoms. The fraction of sp³-hybridized carbons (Fsp3) is 0.400. The summed E-state index contributed by atoms with van der Waals surface area (Å²) in [4.78, 5) is 18.2. The second kappa shape index (κ2) is 10.1. The van der Waals surface area contributed by atoms with Crippen LogP contribution in [0.25, 0.3) is 0 Å². The molecule has 3 nitrogen and oxygen atoms in total. The van der Waals surface area contributed by atoms with Crippen LogP contribution < -0.4 is 5.32 Å². The van der Waals surface area contributed by atoms with Crippen LogP contribution in [-0.2, 0) is 11.2 Å². The molecule has 4 unspecified atom stereocenters. The molecule has 34 heavy (non-hydrogen) atoms. The van der Waals surface area contributed by atoms with Gasteiger partial charge in [-0.05, 0) is 78.9 Å². The Morgan fingerprint density at radius 2 is 1.85 bits per heavy atom. The number of carbonyl (C=O) groups excluding carboxylic acids is 1. The molecule has 2 aromatic carbocycles. The van der Waals surface area contributed by atoms with E-state index in [1.165, 1.54) is 27.8 Å². The van der Waals surface area contributed by atoms with Crippen LogP contribution in [0.15, 0.2) is 69.9 Å². The molecule has 2 aliphatic heterocycles. The van der Waals surface area contributed by atoms with Crippen molar-refractivity contribution in [2.45, 2.75) is 52.6 Å². The highest BCUT2D eigenvalue weighted by molar-refractivity contribution is 8.04. The number of hydrogen-bond donors (Lipinski definition) is 1.